The summed E-state index contributed by atoms with van der Waals surface area (Å²) in [6.07, 6.45) is 1.99. The Morgan fingerprint density at radius 1 is 1.58 bits per heavy atom. The van der Waals surface area contributed by atoms with Crippen LogP contribution in [0.25, 0.3) is 5.65 Å². The average molecular weight is 261 g/mol. The van der Waals surface area contributed by atoms with E-state index in [1.54, 1.807) is 11.3 Å². The van der Waals surface area contributed by atoms with Crippen LogP contribution in [0, 0.1) is 6.92 Å². The van der Waals surface area contributed by atoms with Crippen LogP contribution < -0.4 is 5.32 Å². The van der Waals surface area contributed by atoms with Gasteiger partial charge >= 0.3 is 0 Å². The van der Waals surface area contributed by atoms with E-state index in [1.165, 1.54) is 0 Å². The standard InChI is InChI=1S/C14H19N3O2/c1-4-11-13(14(19)15-8-10(3)18)17-6-5-9(2)7-12(17)16-11/h5-7,10,18H,4,8H2,1-3H3,(H,15,19). The highest BCUT2D eigenvalue weighted by atomic mass is 16.3. The number of nitrogens with zero attached hydrogens (tertiary/aromatic N) is 2. The Balaban J connectivity index is 2.42. The summed E-state index contributed by atoms with van der Waals surface area (Å²) in [5.74, 6) is -0.200. The molecule has 0 aliphatic heterocycles. The van der Waals surface area contributed by atoms with Crippen LogP contribution in [0.15, 0.2) is 18.3 Å². The van der Waals surface area contributed by atoms with Gasteiger partial charge in [-0.05, 0) is 38.0 Å². The van der Waals surface area contributed by atoms with Crippen LogP contribution in [0.3, 0.4) is 0 Å². The first-order valence-electron chi connectivity index (χ1n) is 6.46. The van der Waals surface area contributed by atoms with Gasteiger partial charge < -0.3 is 10.4 Å². The molecule has 0 saturated carbocycles. The number of pyridine rings is 1. The summed E-state index contributed by atoms with van der Waals surface area (Å²) in [5.41, 5.74) is 3.21. The van der Waals surface area contributed by atoms with Crippen molar-refractivity contribution < 1.29 is 9.90 Å². The van der Waals surface area contributed by atoms with Crippen molar-refractivity contribution in [2.24, 2.45) is 0 Å². The van der Waals surface area contributed by atoms with Crippen molar-refractivity contribution in [2.75, 3.05) is 6.54 Å². The van der Waals surface area contributed by atoms with Gasteiger partial charge in [0.25, 0.3) is 5.91 Å². The molecule has 1 unspecified atom stereocenters. The van der Waals surface area contributed by atoms with Gasteiger partial charge in [0.05, 0.1) is 11.8 Å². The molecule has 0 fully saturated rings. The topological polar surface area (TPSA) is 66.6 Å². The van der Waals surface area contributed by atoms with Crippen molar-refractivity contribution in [3.8, 4) is 0 Å². The summed E-state index contributed by atoms with van der Waals surface area (Å²) in [6, 6.07) is 3.89. The zero-order valence-corrected chi connectivity index (χ0v) is 11.5. The maximum atomic E-state index is 12.2. The molecule has 0 saturated heterocycles. The number of rotatable bonds is 4. The van der Waals surface area contributed by atoms with Crippen molar-refractivity contribution in [1.82, 2.24) is 14.7 Å². The summed E-state index contributed by atoms with van der Waals surface area (Å²) in [6.45, 7) is 5.84. The fourth-order valence-electron chi connectivity index (χ4n) is 2.01. The predicted octanol–water partition coefficient (Wildman–Crippen LogP) is 1.32. The zero-order chi connectivity index (χ0) is 14.0. The summed E-state index contributed by atoms with van der Waals surface area (Å²) >= 11 is 0. The van der Waals surface area contributed by atoms with Crippen LogP contribution in [0.2, 0.25) is 0 Å². The van der Waals surface area contributed by atoms with Crippen LogP contribution in [-0.4, -0.2) is 33.0 Å². The van der Waals surface area contributed by atoms with Crippen molar-refractivity contribution in [3.05, 3.63) is 35.3 Å². The second-order valence-electron chi connectivity index (χ2n) is 4.75. The van der Waals surface area contributed by atoms with E-state index < -0.39 is 6.10 Å². The Kier molecular flexibility index (Phi) is 3.85. The van der Waals surface area contributed by atoms with E-state index in [0.29, 0.717) is 12.1 Å². The number of carbonyl (C=O) groups is 1. The van der Waals surface area contributed by atoms with E-state index >= 15 is 0 Å². The molecule has 5 nitrogen and oxygen atoms in total. The van der Waals surface area contributed by atoms with Gasteiger partial charge in [-0.15, -0.1) is 0 Å². The maximum Gasteiger partial charge on any atom is 0.270 e. The van der Waals surface area contributed by atoms with Gasteiger partial charge in [0.1, 0.15) is 11.3 Å². The monoisotopic (exact) mass is 261 g/mol. The highest BCUT2D eigenvalue weighted by molar-refractivity contribution is 5.94. The van der Waals surface area contributed by atoms with E-state index in [-0.39, 0.29) is 12.5 Å². The Morgan fingerprint density at radius 2 is 2.32 bits per heavy atom. The number of aliphatic hydroxyl groups excluding tert-OH is 1. The predicted molar refractivity (Wildman–Crippen MR) is 73.3 cm³/mol. The number of aryl methyl sites for hydroxylation is 2. The number of imidazole rings is 1. The van der Waals surface area contributed by atoms with Crippen LogP contribution >= 0.6 is 0 Å². The molecule has 0 spiro atoms. The molecular formula is C14H19N3O2. The van der Waals surface area contributed by atoms with Crippen molar-refractivity contribution in [3.63, 3.8) is 0 Å². The number of carbonyl (C=O) groups excluding carboxylic acids is 1. The number of aromatic nitrogens is 2. The lowest BCUT2D eigenvalue weighted by molar-refractivity contribution is 0.0917. The van der Waals surface area contributed by atoms with Crippen LogP contribution in [0.4, 0.5) is 0 Å². The first-order chi connectivity index (χ1) is 9.02. The third kappa shape index (κ3) is 2.76. The van der Waals surface area contributed by atoms with Crippen LogP contribution in [-0.2, 0) is 6.42 Å². The minimum absolute atomic E-state index is 0.200. The van der Waals surface area contributed by atoms with E-state index in [1.807, 2.05) is 32.2 Å². The second-order valence-corrected chi connectivity index (χ2v) is 4.75. The van der Waals surface area contributed by atoms with E-state index in [2.05, 4.69) is 10.3 Å². The largest absolute Gasteiger partial charge is 0.392 e. The van der Waals surface area contributed by atoms with E-state index in [9.17, 15) is 9.90 Å². The molecule has 1 atom stereocenters. The highest BCUT2D eigenvalue weighted by Crippen LogP contribution is 2.14. The van der Waals surface area contributed by atoms with Crippen LogP contribution in [0.1, 0.15) is 35.6 Å². The lowest BCUT2D eigenvalue weighted by Gasteiger charge is -2.08. The molecule has 2 rings (SSSR count). The lowest BCUT2D eigenvalue weighted by Crippen LogP contribution is -2.31. The summed E-state index contributed by atoms with van der Waals surface area (Å²) in [5, 5.41) is 12.0. The highest BCUT2D eigenvalue weighted by Gasteiger charge is 2.18. The van der Waals surface area contributed by atoms with Gasteiger partial charge in [0, 0.05) is 12.7 Å². The minimum Gasteiger partial charge on any atom is -0.392 e. The minimum atomic E-state index is -0.560. The molecule has 0 aliphatic rings. The first kappa shape index (κ1) is 13.5. The smallest absolute Gasteiger partial charge is 0.270 e. The van der Waals surface area contributed by atoms with Gasteiger partial charge in [-0.3, -0.25) is 9.20 Å². The first-order valence-corrected chi connectivity index (χ1v) is 6.46. The van der Waals surface area contributed by atoms with Gasteiger partial charge in [-0.25, -0.2) is 4.98 Å². The van der Waals surface area contributed by atoms with Crippen LogP contribution in [0.5, 0.6) is 0 Å². The van der Waals surface area contributed by atoms with Gasteiger partial charge in [-0.2, -0.15) is 0 Å². The van der Waals surface area contributed by atoms with Crippen molar-refractivity contribution >= 4 is 11.6 Å². The Labute approximate surface area is 112 Å². The van der Waals surface area contributed by atoms with E-state index in [0.717, 1.165) is 16.9 Å². The molecule has 1 amide bonds. The normalized spacial score (nSPS) is 12.6. The second kappa shape index (κ2) is 5.40. The molecule has 0 aromatic carbocycles. The summed E-state index contributed by atoms with van der Waals surface area (Å²) in [4.78, 5) is 16.7. The number of nitrogens with one attached hydrogen (secondary N) is 1. The average Bonchev–Trinajstić information content (AvgIpc) is 2.73. The summed E-state index contributed by atoms with van der Waals surface area (Å²) in [7, 11) is 0. The molecule has 2 aromatic rings. The van der Waals surface area contributed by atoms with Crippen molar-refractivity contribution in [2.45, 2.75) is 33.3 Å². The SMILES string of the molecule is CCc1nc2cc(C)ccn2c1C(=O)NCC(C)O. The molecule has 102 valence electrons. The Morgan fingerprint density at radius 3 is 2.95 bits per heavy atom. The molecule has 2 aromatic heterocycles. The zero-order valence-electron chi connectivity index (χ0n) is 11.5. The fraction of sp³-hybridized carbons (Fsp3) is 0.429. The number of fused-ring (bicyclic) bond motifs is 1. The lowest BCUT2D eigenvalue weighted by atomic mass is 10.2. The Bertz CT molecular complexity index is 602. The Hall–Kier alpha value is -1.88. The number of amides is 1. The molecule has 19 heavy (non-hydrogen) atoms. The van der Waals surface area contributed by atoms with Gasteiger partial charge in [-0.1, -0.05) is 6.92 Å². The maximum absolute atomic E-state index is 12.2. The van der Waals surface area contributed by atoms with E-state index in [4.69, 9.17) is 0 Å². The van der Waals surface area contributed by atoms with Gasteiger partial charge in [0.2, 0.25) is 0 Å². The molecule has 2 N–H and O–H groups in total. The third-order valence-corrected chi connectivity index (χ3v) is 2.96. The number of hydrogen-bond acceptors (Lipinski definition) is 3. The fourth-order valence-corrected chi connectivity index (χ4v) is 2.01. The molecule has 0 radical (unpaired) electrons. The quantitative estimate of drug-likeness (QED) is 0.872. The molecule has 0 aliphatic carbocycles. The third-order valence-electron chi connectivity index (χ3n) is 2.96. The number of hydrogen-bond donors (Lipinski definition) is 2. The molecular weight excluding hydrogens is 242 g/mol. The summed E-state index contributed by atoms with van der Waals surface area (Å²) < 4.78 is 1.79. The molecule has 2 heterocycles. The van der Waals surface area contributed by atoms with Gasteiger partial charge in [0.15, 0.2) is 0 Å². The molecule has 0 bridgehead atoms. The number of aliphatic hydroxyl groups is 1. The van der Waals surface area contributed by atoms with Crippen molar-refractivity contribution in [1.29, 1.82) is 0 Å². The molecule has 5 heteroatoms.